The molecule has 0 unspecified atom stereocenters. The molecule has 0 aliphatic rings. The summed E-state index contributed by atoms with van der Waals surface area (Å²) in [5.41, 5.74) is 0.516. The second kappa shape index (κ2) is 6.02. The van der Waals surface area contributed by atoms with Crippen LogP contribution >= 0.6 is 0 Å². The summed E-state index contributed by atoms with van der Waals surface area (Å²) in [6.45, 7) is 0. The van der Waals surface area contributed by atoms with Crippen LogP contribution in [0.3, 0.4) is 0 Å². The van der Waals surface area contributed by atoms with Crippen molar-refractivity contribution < 1.29 is 19.1 Å². The minimum Gasteiger partial charge on any atom is -0.497 e. The quantitative estimate of drug-likeness (QED) is 0.487. The van der Waals surface area contributed by atoms with Gasteiger partial charge in [-0.1, -0.05) is 18.2 Å². The van der Waals surface area contributed by atoms with Gasteiger partial charge in [-0.15, -0.1) is 0 Å². The molecule has 0 aliphatic heterocycles. The van der Waals surface area contributed by atoms with Gasteiger partial charge in [0.05, 0.1) is 14.2 Å². The minimum absolute atomic E-state index is 0.242. The maximum atomic E-state index is 11.9. The molecule has 0 heterocycles. The van der Waals surface area contributed by atoms with Crippen LogP contribution in [0.2, 0.25) is 0 Å². The van der Waals surface area contributed by atoms with E-state index in [-0.39, 0.29) is 5.78 Å². The fourth-order valence-corrected chi connectivity index (χ4v) is 1.81. The van der Waals surface area contributed by atoms with E-state index < -0.39 is 5.97 Å². The number of carbonyl (C=O) groups excluding carboxylic acids is 2. The van der Waals surface area contributed by atoms with Crippen LogP contribution < -0.4 is 4.74 Å². The van der Waals surface area contributed by atoms with Crippen LogP contribution in [0.15, 0.2) is 48.6 Å². The second-order valence-corrected chi connectivity index (χ2v) is 4.15. The van der Waals surface area contributed by atoms with E-state index in [0.717, 1.165) is 22.6 Å². The van der Waals surface area contributed by atoms with Crippen molar-refractivity contribution in [2.75, 3.05) is 14.2 Å². The number of rotatable bonds is 4. The van der Waals surface area contributed by atoms with Crippen LogP contribution in [0.1, 0.15) is 10.4 Å². The van der Waals surface area contributed by atoms with Crippen LogP contribution in [-0.4, -0.2) is 26.0 Å². The largest absolute Gasteiger partial charge is 0.497 e. The van der Waals surface area contributed by atoms with Gasteiger partial charge in [-0.05, 0) is 35.0 Å². The molecule has 0 radical (unpaired) electrons. The van der Waals surface area contributed by atoms with Crippen LogP contribution in [-0.2, 0) is 9.53 Å². The van der Waals surface area contributed by atoms with E-state index in [1.54, 1.807) is 19.2 Å². The molecule has 0 bridgehead atoms. The van der Waals surface area contributed by atoms with Crippen molar-refractivity contribution in [3.63, 3.8) is 0 Å². The highest BCUT2D eigenvalue weighted by Crippen LogP contribution is 2.22. The molecule has 4 heteroatoms. The van der Waals surface area contributed by atoms with Crippen molar-refractivity contribution in [2.45, 2.75) is 0 Å². The Bertz CT molecular complexity index is 686. The number of hydrogen-bond acceptors (Lipinski definition) is 4. The molecule has 2 aromatic rings. The number of carbonyl (C=O) groups is 2. The third kappa shape index (κ3) is 3.03. The molecule has 0 saturated carbocycles. The van der Waals surface area contributed by atoms with Crippen molar-refractivity contribution in [3.05, 3.63) is 54.1 Å². The standard InChI is InChI=1S/C16H14O4/c1-19-14-6-5-11-9-13(4-3-12(11)10-14)15(17)7-8-16(18)20-2/h3-10H,1-2H3. The highest BCUT2D eigenvalue weighted by atomic mass is 16.5. The number of methoxy groups -OCH3 is 2. The first-order valence-electron chi connectivity index (χ1n) is 6.02. The smallest absolute Gasteiger partial charge is 0.330 e. The van der Waals surface area contributed by atoms with Crippen molar-refractivity contribution in [1.82, 2.24) is 0 Å². The Morgan fingerprint density at radius 1 is 0.950 bits per heavy atom. The minimum atomic E-state index is -0.552. The predicted octanol–water partition coefficient (Wildman–Crippen LogP) is 2.76. The summed E-state index contributed by atoms with van der Waals surface area (Å²) in [5, 5.41) is 1.92. The van der Waals surface area contributed by atoms with Crippen LogP contribution in [0.5, 0.6) is 5.75 Å². The van der Waals surface area contributed by atoms with Gasteiger partial charge in [-0.3, -0.25) is 4.79 Å². The SMILES string of the molecule is COC(=O)C=CC(=O)c1ccc2cc(OC)ccc2c1. The van der Waals surface area contributed by atoms with Gasteiger partial charge in [0.15, 0.2) is 5.78 Å². The molecule has 0 spiro atoms. The molecule has 0 saturated heterocycles. The summed E-state index contributed by atoms with van der Waals surface area (Å²) in [4.78, 5) is 22.9. The van der Waals surface area contributed by atoms with Gasteiger partial charge in [0.1, 0.15) is 5.75 Å². The summed E-state index contributed by atoms with van der Waals surface area (Å²) in [7, 11) is 2.87. The van der Waals surface area contributed by atoms with E-state index in [4.69, 9.17) is 4.74 Å². The summed E-state index contributed by atoms with van der Waals surface area (Å²) in [5.74, 6) is -0.0286. The van der Waals surface area contributed by atoms with Gasteiger partial charge in [-0.25, -0.2) is 4.79 Å². The lowest BCUT2D eigenvalue weighted by Crippen LogP contribution is -1.98. The molecule has 2 rings (SSSR count). The average Bonchev–Trinajstić information content (AvgIpc) is 2.50. The lowest BCUT2D eigenvalue weighted by molar-refractivity contribution is -0.134. The lowest BCUT2D eigenvalue weighted by atomic mass is 10.0. The summed E-state index contributed by atoms with van der Waals surface area (Å²) < 4.78 is 9.59. The normalized spacial score (nSPS) is 10.7. The monoisotopic (exact) mass is 270 g/mol. The Balaban J connectivity index is 2.30. The van der Waals surface area contributed by atoms with Gasteiger partial charge in [-0.2, -0.15) is 0 Å². The number of ether oxygens (including phenoxy) is 2. The van der Waals surface area contributed by atoms with Crippen molar-refractivity contribution in [1.29, 1.82) is 0 Å². The maximum absolute atomic E-state index is 11.9. The molecule has 0 amide bonds. The first-order valence-corrected chi connectivity index (χ1v) is 6.02. The zero-order chi connectivity index (χ0) is 14.5. The van der Waals surface area contributed by atoms with Crippen molar-refractivity contribution in [2.24, 2.45) is 0 Å². The first-order chi connectivity index (χ1) is 9.63. The number of allylic oxidation sites excluding steroid dienone is 1. The zero-order valence-corrected chi connectivity index (χ0v) is 11.3. The van der Waals surface area contributed by atoms with E-state index in [2.05, 4.69) is 4.74 Å². The molecule has 20 heavy (non-hydrogen) atoms. The van der Waals surface area contributed by atoms with Crippen LogP contribution in [0, 0.1) is 0 Å². The highest BCUT2D eigenvalue weighted by Gasteiger charge is 2.05. The summed E-state index contributed by atoms with van der Waals surface area (Å²) in [6, 6.07) is 10.9. The molecule has 0 atom stereocenters. The maximum Gasteiger partial charge on any atom is 0.330 e. The van der Waals surface area contributed by atoms with Gasteiger partial charge in [0.2, 0.25) is 0 Å². The zero-order valence-electron chi connectivity index (χ0n) is 11.3. The van der Waals surface area contributed by atoms with Crippen molar-refractivity contribution >= 4 is 22.5 Å². The molecule has 0 aromatic heterocycles. The Morgan fingerprint density at radius 3 is 2.35 bits per heavy atom. The topological polar surface area (TPSA) is 52.6 Å². The fraction of sp³-hybridized carbons (Fsp3) is 0.125. The second-order valence-electron chi connectivity index (χ2n) is 4.15. The molecule has 102 valence electrons. The first kappa shape index (κ1) is 13.8. The number of ketones is 1. The number of hydrogen-bond donors (Lipinski definition) is 0. The highest BCUT2D eigenvalue weighted by molar-refractivity contribution is 6.08. The molecule has 2 aromatic carbocycles. The molecule has 0 fully saturated rings. The summed E-state index contributed by atoms with van der Waals surface area (Å²) >= 11 is 0. The fourth-order valence-electron chi connectivity index (χ4n) is 1.81. The van der Waals surface area contributed by atoms with E-state index in [9.17, 15) is 9.59 Å². The Morgan fingerprint density at radius 2 is 1.65 bits per heavy atom. The van der Waals surface area contributed by atoms with Crippen molar-refractivity contribution in [3.8, 4) is 5.75 Å². The third-order valence-electron chi connectivity index (χ3n) is 2.90. The van der Waals surface area contributed by atoms with Gasteiger partial charge in [0.25, 0.3) is 0 Å². The van der Waals surface area contributed by atoms with E-state index >= 15 is 0 Å². The Hall–Kier alpha value is -2.62. The van der Waals surface area contributed by atoms with E-state index in [1.807, 2.05) is 24.3 Å². The van der Waals surface area contributed by atoms with Crippen LogP contribution in [0.4, 0.5) is 0 Å². The molecular formula is C16H14O4. The van der Waals surface area contributed by atoms with Gasteiger partial charge < -0.3 is 9.47 Å². The number of esters is 1. The van der Waals surface area contributed by atoms with Gasteiger partial charge in [0, 0.05) is 11.6 Å². The molecule has 4 nitrogen and oxygen atoms in total. The molecule has 0 aliphatic carbocycles. The molecular weight excluding hydrogens is 256 g/mol. The Kier molecular flexibility index (Phi) is 4.15. The van der Waals surface area contributed by atoms with Gasteiger partial charge >= 0.3 is 5.97 Å². The van der Waals surface area contributed by atoms with Crippen LogP contribution in [0.25, 0.3) is 10.8 Å². The molecule has 0 N–H and O–H groups in total. The number of fused-ring (bicyclic) bond motifs is 1. The third-order valence-corrected chi connectivity index (χ3v) is 2.90. The lowest BCUT2D eigenvalue weighted by Gasteiger charge is -2.04. The Labute approximate surface area is 116 Å². The average molecular weight is 270 g/mol. The number of benzene rings is 2. The van der Waals surface area contributed by atoms with E-state index in [1.165, 1.54) is 13.2 Å². The summed E-state index contributed by atoms with van der Waals surface area (Å²) in [6.07, 6.45) is 2.32. The van der Waals surface area contributed by atoms with E-state index in [0.29, 0.717) is 5.56 Å². The predicted molar refractivity (Wildman–Crippen MR) is 76.0 cm³/mol.